The van der Waals surface area contributed by atoms with Gasteiger partial charge >= 0.3 is 0 Å². The lowest BCUT2D eigenvalue weighted by molar-refractivity contribution is 0.266. The Bertz CT molecular complexity index is 4170. The summed E-state index contributed by atoms with van der Waals surface area (Å²) in [4.78, 5) is 26.4. The number of nitrogens with one attached hydrogen (secondary N) is 1. The number of allylic oxidation sites excluding steroid dienone is 12. The highest BCUT2D eigenvalue weighted by molar-refractivity contribution is 6.14. The van der Waals surface area contributed by atoms with Gasteiger partial charge in [0, 0.05) is 56.2 Å². The maximum atomic E-state index is 6.63. The standard InChI is InChI=1S/C68H51N7O2/c1-68-52-40-44(43-35-37-54-51(39-43)46-25-11-14-30-53(46)75(54)67-71-64(41-19-5-2-6-20-41)70-65(72-67)42-21-7-3-8-22-42)36-38-55(52)74(45-23-9-4-10-24-45)63(68)62(49-28-17-33-58-60(49)47-26-12-15-31-56(47)76-58)69-66(73-68)50-29-18-34-59-61(50)48-27-13-16-32-57(48)77-59/h2-7,9-19,21,23-41,46,53,59,61H,8,20,22H2,1H3,(H,69,73). The van der Waals surface area contributed by atoms with Crippen molar-refractivity contribution in [3.05, 3.63) is 264 Å². The van der Waals surface area contributed by atoms with Crippen LogP contribution < -0.4 is 19.9 Å². The molecule has 6 atom stereocenters. The molecule has 0 saturated carbocycles. The number of benzene rings is 6. The van der Waals surface area contributed by atoms with Gasteiger partial charge in [0.25, 0.3) is 0 Å². The first-order chi connectivity index (χ1) is 38.0. The van der Waals surface area contributed by atoms with Gasteiger partial charge in [-0.15, -0.1) is 0 Å². The number of amidine groups is 1. The van der Waals surface area contributed by atoms with Crippen LogP contribution in [0.25, 0.3) is 44.3 Å². The molecule has 8 aliphatic rings. The number of anilines is 4. The Morgan fingerprint density at radius 1 is 0.675 bits per heavy atom. The van der Waals surface area contributed by atoms with Crippen LogP contribution in [0.1, 0.15) is 77.8 Å². The number of furan rings is 1. The van der Waals surface area contributed by atoms with Gasteiger partial charge in [-0.25, -0.2) is 9.98 Å². The lowest BCUT2D eigenvalue weighted by Crippen LogP contribution is -2.49. The van der Waals surface area contributed by atoms with Crippen molar-refractivity contribution < 1.29 is 9.15 Å². The Morgan fingerprint density at radius 3 is 2.40 bits per heavy atom. The molecule has 16 rings (SSSR count). The quantitative estimate of drug-likeness (QED) is 0.169. The van der Waals surface area contributed by atoms with E-state index in [1.807, 2.05) is 6.07 Å². The van der Waals surface area contributed by atoms with Crippen molar-refractivity contribution in [3.8, 4) is 16.9 Å². The molecule has 0 radical (unpaired) electrons. The molecule has 4 aliphatic carbocycles. The van der Waals surface area contributed by atoms with Crippen LogP contribution in [-0.2, 0) is 5.54 Å². The van der Waals surface area contributed by atoms with E-state index in [9.17, 15) is 0 Å². The fourth-order valence-corrected chi connectivity index (χ4v) is 13.3. The van der Waals surface area contributed by atoms with E-state index in [-0.39, 0.29) is 29.9 Å². The molecular weight excluding hydrogens is 947 g/mol. The average Bonchev–Trinajstić information content (AvgIpc) is 4.30. The summed E-state index contributed by atoms with van der Waals surface area (Å²) in [5.74, 6) is 4.12. The highest BCUT2D eigenvalue weighted by atomic mass is 16.5. The van der Waals surface area contributed by atoms with E-state index in [1.54, 1.807) is 0 Å². The van der Waals surface area contributed by atoms with Crippen molar-refractivity contribution in [1.29, 1.82) is 0 Å². The van der Waals surface area contributed by atoms with E-state index in [0.29, 0.717) is 5.95 Å². The molecule has 0 spiro atoms. The molecule has 9 heteroatoms. The Labute approximate surface area is 446 Å². The number of para-hydroxylation sites is 3. The molecule has 6 unspecified atom stereocenters. The van der Waals surface area contributed by atoms with Crippen LogP contribution in [0.2, 0.25) is 0 Å². The van der Waals surface area contributed by atoms with Crippen LogP contribution in [0.5, 0.6) is 5.75 Å². The first-order valence-electron chi connectivity index (χ1n) is 26.9. The van der Waals surface area contributed by atoms with Crippen LogP contribution in [0.4, 0.5) is 23.0 Å². The van der Waals surface area contributed by atoms with Gasteiger partial charge in [-0.1, -0.05) is 158 Å². The highest BCUT2D eigenvalue weighted by Gasteiger charge is 2.51. The van der Waals surface area contributed by atoms with Gasteiger partial charge in [0.05, 0.1) is 29.0 Å². The number of fused-ring (bicyclic) bond motifs is 12. The topological polar surface area (TPSA) is 91.9 Å². The average molecular weight is 998 g/mol. The molecular formula is C68H51N7O2. The van der Waals surface area contributed by atoms with Gasteiger partial charge in [-0.2, -0.15) is 9.97 Å². The van der Waals surface area contributed by atoms with Gasteiger partial charge < -0.3 is 24.3 Å². The molecule has 6 heterocycles. The van der Waals surface area contributed by atoms with Crippen molar-refractivity contribution in [3.63, 3.8) is 0 Å². The first kappa shape index (κ1) is 44.0. The molecule has 4 aliphatic heterocycles. The summed E-state index contributed by atoms with van der Waals surface area (Å²) >= 11 is 0. The number of aliphatic imine (C=N–C) groups is 1. The van der Waals surface area contributed by atoms with Gasteiger partial charge in [0.2, 0.25) is 5.95 Å². The lowest BCUT2D eigenvalue weighted by atomic mass is 9.81. The number of hydrogen-bond acceptors (Lipinski definition) is 9. The van der Waals surface area contributed by atoms with Crippen LogP contribution in [0.15, 0.2) is 239 Å². The summed E-state index contributed by atoms with van der Waals surface area (Å²) < 4.78 is 13.2. The van der Waals surface area contributed by atoms with Crippen molar-refractivity contribution in [2.45, 2.75) is 61.6 Å². The monoisotopic (exact) mass is 997 g/mol. The van der Waals surface area contributed by atoms with E-state index in [1.165, 1.54) is 5.56 Å². The third-order valence-corrected chi connectivity index (χ3v) is 16.8. The van der Waals surface area contributed by atoms with Crippen molar-refractivity contribution in [2.24, 2.45) is 4.99 Å². The minimum absolute atomic E-state index is 0.00145. The summed E-state index contributed by atoms with van der Waals surface area (Å²) in [5, 5.41) is 6.29. The van der Waals surface area contributed by atoms with Gasteiger partial charge in [0.15, 0.2) is 5.82 Å². The van der Waals surface area contributed by atoms with Crippen LogP contribution in [0.3, 0.4) is 0 Å². The second kappa shape index (κ2) is 17.1. The predicted octanol–water partition coefficient (Wildman–Crippen LogP) is 15.3. The smallest absolute Gasteiger partial charge is 0.234 e. The minimum atomic E-state index is -0.776. The number of aromatic nitrogens is 3. The fraction of sp³-hybridized carbons (Fsp3) is 0.147. The van der Waals surface area contributed by atoms with Gasteiger partial charge in [-0.05, 0) is 109 Å². The van der Waals surface area contributed by atoms with Crippen LogP contribution in [0, 0.1) is 0 Å². The van der Waals surface area contributed by atoms with E-state index in [2.05, 4.69) is 234 Å². The second-order valence-electron chi connectivity index (χ2n) is 21.3. The van der Waals surface area contributed by atoms with Crippen LogP contribution in [-0.4, -0.2) is 32.9 Å². The van der Waals surface area contributed by atoms with Gasteiger partial charge in [0.1, 0.15) is 40.2 Å². The molecule has 0 amide bonds. The molecule has 1 N–H and O–H groups in total. The molecule has 2 aromatic heterocycles. The molecule has 8 aromatic rings. The zero-order chi connectivity index (χ0) is 50.8. The minimum Gasteiger partial charge on any atom is -0.485 e. The lowest BCUT2D eigenvalue weighted by Gasteiger charge is -2.39. The maximum Gasteiger partial charge on any atom is 0.234 e. The van der Waals surface area contributed by atoms with E-state index >= 15 is 0 Å². The molecule has 370 valence electrons. The number of ether oxygens (including phenoxy) is 1. The number of hydrogen-bond donors (Lipinski definition) is 1. The Kier molecular flexibility index (Phi) is 9.77. The van der Waals surface area contributed by atoms with Crippen molar-refractivity contribution in [2.75, 3.05) is 9.80 Å². The molecule has 77 heavy (non-hydrogen) atoms. The highest BCUT2D eigenvalue weighted by Crippen LogP contribution is 2.57. The Hall–Kier alpha value is -9.34. The van der Waals surface area contributed by atoms with E-state index in [0.717, 1.165) is 132 Å². The molecule has 6 aromatic carbocycles. The van der Waals surface area contributed by atoms with E-state index < -0.39 is 5.54 Å². The molecule has 0 saturated heterocycles. The number of rotatable bonds is 7. The van der Waals surface area contributed by atoms with Gasteiger partial charge in [-0.3, -0.25) is 0 Å². The van der Waals surface area contributed by atoms with E-state index in [4.69, 9.17) is 29.1 Å². The summed E-state index contributed by atoms with van der Waals surface area (Å²) in [5.41, 5.74) is 15.2. The molecule has 0 bridgehead atoms. The third kappa shape index (κ3) is 6.79. The summed E-state index contributed by atoms with van der Waals surface area (Å²) in [6.45, 7) is 2.34. The fourth-order valence-electron chi connectivity index (χ4n) is 13.3. The summed E-state index contributed by atoms with van der Waals surface area (Å²) in [7, 11) is 0. The van der Waals surface area contributed by atoms with Crippen molar-refractivity contribution in [1.82, 2.24) is 20.3 Å². The normalized spacial score (nSPS) is 24.0. The third-order valence-electron chi connectivity index (χ3n) is 16.8. The maximum absolute atomic E-state index is 6.63. The van der Waals surface area contributed by atoms with Crippen LogP contribution >= 0.6 is 0 Å². The summed E-state index contributed by atoms with van der Waals surface area (Å²) in [6, 6.07) is 47.9. The number of nitrogens with zero attached hydrogens (tertiary/aromatic N) is 6. The summed E-state index contributed by atoms with van der Waals surface area (Å²) in [6.07, 6.45) is 33.2. The molecule has 0 fully saturated rings. The SMILES string of the molecule is CC12NC(C3=CC=CC4Oc5ccccc5C34)=NC(c3cccc4oc5ccccc5c34)=C1N(c1ccccc1)c1ccc(-c3ccc4c(c3)C3C=CC=CC3N4c3nc(C4=CC=CCC4)nc(C4C=CC=CC4)n3)cc12. The van der Waals surface area contributed by atoms with Crippen molar-refractivity contribution >= 4 is 62.1 Å². The first-order valence-corrected chi connectivity index (χ1v) is 26.9. The predicted molar refractivity (Wildman–Crippen MR) is 309 cm³/mol. The zero-order valence-corrected chi connectivity index (χ0v) is 42.3. The largest absolute Gasteiger partial charge is 0.485 e. The second-order valence-corrected chi connectivity index (χ2v) is 21.3. The zero-order valence-electron chi connectivity index (χ0n) is 42.3. The Morgan fingerprint density at radius 2 is 1.51 bits per heavy atom. The molecule has 9 nitrogen and oxygen atoms in total. The Balaban J connectivity index is 0.871.